The van der Waals surface area contributed by atoms with Crippen LogP contribution < -0.4 is 0 Å². The van der Waals surface area contributed by atoms with Crippen molar-refractivity contribution in [1.82, 2.24) is 0 Å². The molecule has 0 amide bonds. The number of fused-ring (bicyclic) bond motifs is 3. The van der Waals surface area contributed by atoms with Crippen molar-refractivity contribution < 1.29 is 18.9 Å². The van der Waals surface area contributed by atoms with E-state index in [1.165, 1.54) is 19.3 Å². The fourth-order valence-electron chi connectivity index (χ4n) is 5.62. The Morgan fingerprint density at radius 2 is 1.73 bits per heavy atom. The van der Waals surface area contributed by atoms with E-state index in [9.17, 15) is 0 Å². The first-order valence-electron chi connectivity index (χ1n) is 9.41. The first-order valence-corrected chi connectivity index (χ1v) is 9.41. The second-order valence-corrected chi connectivity index (χ2v) is 8.07. The maximum Gasteiger partial charge on any atom is 0.169 e. The van der Waals surface area contributed by atoms with Crippen molar-refractivity contribution in [2.75, 3.05) is 0 Å². The standard InChI is InChI=1S/C18H28O4/c1-2-12-6-7-15-17(20-12)10-13(19-15)16-14(11-17)21-18(22-16)8-4-3-5-9-18/h12-16H,2-11H2,1H3/t12-,13+,14+,15-,16?,17?/m0/s1. The summed E-state index contributed by atoms with van der Waals surface area (Å²) >= 11 is 0. The summed E-state index contributed by atoms with van der Waals surface area (Å²) in [6.45, 7) is 2.23. The van der Waals surface area contributed by atoms with Gasteiger partial charge in [0.2, 0.25) is 0 Å². The monoisotopic (exact) mass is 308 g/mol. The van der Waals surface area contributed by atoms with Crippen molar-refractivity contribution in [3.63, 3.8) is 0 Å². The zero-order valence-corrected chi connectivity index (χ0v) is 13.6. The lowest BCUT2D eigenvalue weighted by Crippen LogP contribution is -2.53. The molecule has 5 fully saturated rings. The normalized spacial score (nSPS) is 52.5. The highest BCUT2D eigenvalue weighted by atomic mass is 16.8. The molecule has 2 spiro atoms. The van der Waals surface area contributed by atoms with Crippen LogP contribution in [0.1, 0.15) is 71.1 Å². The minimum Gasteiger partial charge on any atom is -0.369 e. The topological polar surface area (TPSA) is 36.9 Å². The van der Waals surface area contributed by atoms with Crippen molar-refractivity contribution in [3.05, 3.63) is 0 Å². The molecular formula is C18H28O4. The first-order chi connectivity index (χ1) is 10.7. The maximum atomic E-state index is 6.54. The predicted molar refractivity (Wildman–Crippen MR) is 80.6 cm³/mol. The molecule has 0 aromatic heterocycles. The van der Waals surface area contributed by atoms with E-state index < -0.39 is 0 Å². The number of ether oxygens (including phenoxy) is 4. The Morgan fingerprint density at radius 3 is 2.55 bits per heavy atom. The third-order valence-corrected chi connectivity index (χ3v) is 6.69. The van der Waals surface area contributed by atoms with Crippen LogP contribution in [0.3, 0.4) is 0 Å². The smallest absolute Gasteiger partial charge is 0.169 e. The van der Waals surface area contributed by atoms with Gasteiger partial charge in [-0.05, 0) is 32.1 Å². The molecular weight excluding hydrogens is 280 g/mol. The highest BCUT2D eigenvalue weighted by Crippen LogP contribution is 2.55. The Labute approximate surface area is 132 Å². The van der Waals surface area contributed by atoms with Gasteiger partial charge in [0.05, 0.1) is 30.0 Å². The van der Waals surface area contributed by atoms with E-state index in [-0.39, 0.29) is 35.8 Å². The molecule has 2 unspecified atom stereocenters. The van der Waals surface area contributed by atoms with Crippen molar-refractivity contribution in [2.45, 2.75) is 113 Å². The Hall–Kier alpha value is -0.160. The Kier molecular flexibility index (Phi) is 3.18. The van der Waals surface area contributed by atoms with Crippen molar-refractivity contribution in [1.29, 1.82) is 0 Å². The highest BCUT2D eigenvalue weighted by Gasteiger charge is 2.65. The van der Waals surface area contributed by atoms with Gasteiger partial charge >= 0.3 is 0 Å². The van der Waals surface area contributed by atoms with Crippen LogP contribution >= 0.6 is 0 Å². The summed E-state index contributed by atoms with van der Waals surface area (Å²) < 4.78 is 25.9. The van der Waals surface area contributed by atoms with Crippen LogP contribution in [0.15, 0.2) is 0 Å². The fourth-order valence-corrected chi connectivity index (χ4v) is 5.62. The van der Waals surface area contributed by atoms with Gasteiger partial charge in [0.1, 0.15) is 6.10 Å². The molecule has 6 atom stereocenters. The molecule has 0 N–H and O–H groups in total. The Bertz CT molecular complexity index is 446. The third-order valence-electron chi connectivity index (χ3n) is 6.69. The van der Waals surface area contributed by atoms with Gasteiger partial charge in [-0.3, -0.25) is 0 Å². The molecule has 0 aromatic rings. The second-order valence-electron chi connectivity index (χ2n) is 8.07. The van der Waals surface area contributed by atoms with Crippen LogP contribution in [0.2, 0.25) is 0 Å². The Morgan fingerprint density at radius 1 is 0.909 bits per heavy atom. The fraction of sp³-hybridized carbons (Fsp3) is 1.00. The van der Waals surface area contributed by atoms with Gasteiger partial charge in [0.25, 0.3) is 0 Å². The van der Waals surface area contributed by atoms with Gasteiger partial charge in [-0.1, -0.05) is 13.3 Å². The molecule has 5 aliphatic rings. The minimum atomic E-state index is -0.299. The lowest BCUT2D eigenvalue weighted by atomic mass is 9.76. The molecule has 0 radical (unpaired) electrons. The third kappa shape index (κ3) is 1.97. The summed E-state index contributed by atoms with van der Waals surface area (Å²) in [7, 11) is 0. The summed E-state index contributed by atoms with van der Waals surface area (Å²) in [6, 6.07) is 0. The van der Waals surface area contributed by atoms with Gasteiger partial charge in [-0.2, -0.15) is 0 Å². The van der Waals surface area contributed by atoms with Gasteiger partial charge in [0, 0.05) is 25.7 Å². The van der Waals surface area contributed by atoms with Crippen molar-refractivity contribution in [3.8, 4) is 0 Å². The quantitative estimate of drug-likeness (QED) is 0.744. The van der Waals surface area contributed by atoms with Crippen molar-refractivity contribution >= 4 is 0 Å². The average Bonchev–Trinajstić information content (AvgIpc) is 3.03. The molecule has 5 rings (SSSR count). The van der Waals surface area contributed by atoms with Crippen LogP contribution in [-0.4, -0.2) is 41.9 Å². The predicted octanol–water partition coefficient (Wildman–Crippen LogP) is 3.32. The molecule has 3 aliphatic heterocycles. The molecule has 4 nitrogen and oxygen atoms in total. The summed E-state index contributed by atoms with van der Waals surface area (Å²) in [6.07, 6.45) is 12.4. The van der Waals surface area contributed by atoms with E-state index in [1.54, 1.807) is 0 Å². The van der Waals surface area contributed by atoms with Gasteiger partial charge in [-0.25, -0.2) is 0 Å². The molecule has 0 aromatic carbocycles. The highest BCUT2D eigenvalue weighted by molar-refractivity contribution is 5.12. The molecule has 124 valence electrons. The van der Waals surface area contributed by atoms with E-state index >= 15 is 0 Å². The molecule has 2 saturated carbocycles. The summed E-state index contributed by atoms with van der Waals surface area (Å²) in [5, 5.41) is 0. The lowest BCUT2D eigenvalue weighted by Gasteiger charge is -2.44. The number of hydrogen-bond acceptors (Lipinski definition) is 4. The second kappa shape index (κ2) is 4.92. The molecule has 22 heavy (non-hydrogen) atoms. The van der Waals surface area contributed by atoms with E-state index in [0.717, 1.165) is 44.9 Å². The van der Waals surface area contributed by atoms with E-state index in [4.69, 9.17) is 18.9 Å². The lowest BCUT2D eigenvalue weighted by molar-refractivity contribution is -0.215. The minimum absolute atomic E-state index is 0.0890. The molecule has 3 saturated heterocycles. The van der Waals surface area contributed by atoms with Crippen LogP contribution in [-0.2, 0) is 18.9 Å². The van der Waals surface area contributed by atoms with Gasteiger partial charge < -0.3 is 18.9 Å². The van der Waals surface area contributed by atoms with Gasteiger partial charge in [0.15, 0.2) is 5.79 Å². The van der Waals surface area contributed by atoms with Crippen molar-refractivity contribution in [2.24, 2.45) is 0 Å². The van der Waals surface area contributed by atoms with Crippen LogP contribution in [0, 0.1) is 0 Å². The van der Waals surface area contributed by atoms with Gasteiger partial charge in [-0.15, -0.1) is 0 Å². The summed E-state index contributed by atoms with van der Waals surface area (Å²) in [5.41, 5.74) is -0.0890. The molecule has 3 heterocycles. The first kappa shape index (κ1) is 14.2. The molecule has 2 aliphatic carbocycles. The van der Waals surface area contributed by atoms with E-state index in [2.05, 4.69) is 6.92 Å². The van der Waals surface area contributed by atoms with Crippen LogP contribution in [0.25, 0.3) is 0 Å². The number of rotatable bonds is 1. The average molecular weight is 308 g/mol. The Balaban J connectivity index is 1.39. The van der Waals surface area contributed by atoms with Crippen LogP contribution in [0.4, 0.5) is 0 Å². The van der Waals surface area contributed by atoms with E-state index in [0.29, 0.717) is 6.10 Å². The number of hydrogen-bond donors (Lipinski definition) is 0. The summed E-state index contributed by atoms with van der Waals surface area (Å²) in [5.74, 6) is -0.299. The maximum absolute atomic E-state index is 6.54. The zero-order valence-electron chi connectivity index (χ0n) is 13.6. The summed E-state index contributed by atoms with van der Waals surface area (Å²) in [4.78, 5) is 0. The SMILES string of the molecule is CC[C@H]1CC[C@@H]2O[C@@H]3CC2(C[C@H]2OC4(CCCCC4)OC32)O1. The van der Waals surface area contributed by atoms with E-state index in [1.807, 2.05) is 0 Å². The largest absolute Gasteiger partial charge is 0.369 e. The zero-order chi connectivity index (χ0) is 14.8. The molecule has 4 heteroatoms. The molecule has 2 bridgehead atoms. The van der Waals surface area contributed by atoms with Crippen LogP contribution in [0.5, 0.6) is 0 Å².